The average Bonchev–Trinajstić information content (AvgIpc) is 3.10. The minimum absolute atomic E-state index is 0.292. The fourth-order valence-corrected chi connectivity index (χ4v) is 3.40. The summed E-state index contributed by atoms with van der Waals surface area (Å²) in [7, 11) is 0. The van der Waals surface area contributed by atoms with E-state index >= 15 is 0 Å². The van der Waals surface area contributed by atoms with Gasteiger partial charge in [0.1, 0.15) is 0 Å². The molecule has 19 heavy (non-hydrogen) atoms. The molecule has 2 aromatic rings. The summed E-state index contributed by atoms with van der Waals surface area (Å²) in [6.45, 7) is 3.10. The molecule has 0 radical (unpaired) electrons. The number of aliphatic hydroxyl groups is 1. The van der Waals surface area contributed by atoms with Crippen LogP contribution in [0.2, 0.25) is 0 Å². The normalized spacial score (nSPS) is 30.3. The molecule has 1 saturated heterocycles. The zero-order valence-electron chi connectivity index (χ0n) is 11.0. The van der Waals surface area contributed by atoms with Crippen LogP contribution in [0.1, 0.15) is 18.4 Å². The summed E-state index contributed by atoms with van der Waals surface area (Å²) in [6.07, 6.45) is 1.96. The fraction of sp³-hybridized carbons (Fsp3) is 0.412. The Bertz CT molecular complexity index is 623. The number of hydrogen-bond donors (Lipinski definition) is 1. The molecule has 0 amide bonds. The highest BCUT2D eigenvalue weighted by molar-refractivity contribution is 5.82. The van der Waals surface area contributed by atoms with Gasteiger partial charge in [-0.25, -0.2) is 0 Å². The third-order valence-corrected chi connectivity index (χ3v) is 4.76. The van der Waals surface area contributed by atoms with Crippen molar-refractivity contribution < 1.29 is 5.11 Å². The predicted octanol–water partition coefficient (Wildman–Crippen LogP) is 2.80. The van der Waals surface area contributed by atoms with Crippen molar-refractivity contribution in [1.82, 2.24) is 4.90 Å². The van der Waals surface area contributed by atoms with Crippen LogP contribution in [0.15, 0.2) is 42.5 Å². The number of rotatable bonds is 2. The van der Waals surface area contributed by atoms with Crippen LogP contribution >= 0.6 is 0 Å². The maximum Gasteiger partial charge on any atom is 0.0705 e. The zero-order valence-corrected chi connectivity index (χ0v) is 11.0. The summed E-state index contributed by atoms with van der Waals surface area (Å²) in [4.78, 5) is 2.48. The van der Waals surface area contributed by atoms with Crippen LogP contribution in [0.25, 0.3) is 10.8 Å². The molecule has 2 aliphatic rings. The molecule has 2 heteroatoms. The second-order valence-electron chi connectivity index (χ2n) is 6.17. The third kappa shape index (κ3) is 2.05. The van der Waals surface area contributed by atoms with E-state index in [0.717, 1.165) is 32.5 Å². The van der Waals surface area contributed by atoms with E-state index in [4.69, 9.17) is 0 Å². The van der Waals surface area contributed by atoms with Gasteiger partial charge in [0.2, 0.25) is 0 Å². The molecular formula is C17H19NO. The quantitative estimate of drug-likeness (QED) is 0.889. The highest BCUT2D eigenvalue weighted by Gasteiger charge is 2.55. The van der Waals surface area contributed by atoms with Crippen molar-refractivity contribution in [3.63, 3.8) is 0 Å². The summed E-state index contributed by atoms with van der Waals surface area (Å²) in [5.74, 6) is 0.529. The van der Waals surface area contributed by atoms with Crippen LogP contribution in [0.5, 0.6) is 0 Å². The Morgan fingerprint density at radius 3 is 2.84 bits per heavy atom. The summed E-state index contributed by atoms with van der Waals surface area (Å²) in [5, 5.41) is 12.7. The van der Waals surface area contributed by atoms with Crippen LogP contribution in [-0.2, 0) is 6.54 Å². The molecule has 1 heterocycles. The molecule has 0 bridgehead atoms. The number of likely N-dealkylation sites (tertiary alicyclic amines) is 1. The maximum absolute atomic E-state index is 10.0. The third-order valence-electron chi connectivity index (χ3n) is 4.76. The van der Waals surface area contributed by atoms with Gasteiger partial charge in [-0.2, -0.15) is 0 Å². The topological polar surface area (TPSA) is 23.5 Å². The van der Waals surface area contributed by atoms with Gasteiger partial charge in [-0.05, 0) is 35.2 Å². The first-order chi connectivity index (χ1) is 9.23. The first-order valence-corrected chi connectivity index (χ1v) is 7.15. The van der Waals surface area contributed by atoms with E-state index in [1.54, 1.807) is 0 Å². The minimum Gasteiger partial charge on any atom is -0.389 e. The van der Waals surface area contributed by atoms with Crippen molar-refractivity contribution in [2.24, 2.45) is 5.92 Å². The summed E-state index contributed by atoms with van der Waals surface area (Å²) in [5.41, 5.74) is 1.09. The number of fused-ring (bicyclic) bond motifs is 2. The second-order valence-corrected chi connectivity index (χ2v) is 6.17. The lowest BCUT2D eigenvalue weighted by Crippen LogP contribution is -2.36. The molecule has 0 spiro atoms. The van der Waals surface area contributed by atoms with E-state index in [0.29, 0.717) is 5.92 Å². The van der Waals surface area contributed by atoms with Crippen molar-refractivity contribution in [2.75, 3.05) is 13.1 Å². The van der Waals surface area contributed by atoms with Crippen molar-refractivity contribution >= 4 is 10.8 Å². The van der Waals surface area contributed by atoms with Gasteiger partial charge in [-0.3, -0.25) is 4.90 Å². The van der Waals surface area contributed by atoms with E-state index in [-0.39, 0.29) is 5.60 Å². The Morgan fingerprint density at radius 2 is 2.00 bits per heavy atom. The van der Waals surface area contributed by atoms with Crippen LogP contribution in [0, 0.1) is 5.92 Å². The molecule has 0 aromatic heterocycles. The van der Waals surface area contributed by atoms with Gasteiger partial charge in [0.05, 0.1) is 5.60 Å². The van der Waals surface area contributed by atoms with Crippen molar-refractivity contribution in [3.05, 3.63) is 48.0 Å². The molecule has 0 unspecified atom stereocenters. The fourth-order valence-electron chi connectivity index (χ4n) is 3.40. The summed E-state index contributed by atoms with van der Waals surface area (Å²) < 4.78 is 0. The lowest BCUT2D eigenvalue weighted by molar-refractivity contribution is 0.0618. The Balaban J connectivity index is 1.52. The highest BCUT2D eigenvalue weighted by atomic mass is 16.3. The Hall–Kier alpha value is -1.38. The molecule has 1 aliphatic heterocycles. The van der Waals surface area contributed by atoms with E-state index < -0.39 is 0 Å². The summed E-state index contributed by atoms with van der Waals surface area (Å²) >= 11 is 0. The van der Waals surface area contributed by atoms with Crippen LogP contribution in [-0.4, -0.2) is 28.7 Å². The van der Waals surface area contributed by atoms with Gasteiger partial charge in [-0.15, -0.1) is 0 Å². The lowest BCUT2D eigenvalue weighted by atomic mass is 10.0. The van der Waals surface area contributed by atoms with E-state index in [1.807, 2.05) is 0 Å². The molecule has 1 saturated carbocycles. The van der Waals surface area contributed by atoms with Gasteiger partial charge in [-0.1, -0.05) is 36.4 Å². The number of hydrogen-bond acceptors (Lipinski definition) is 2. The van der Waals surface area contributed by atoms with Gasteiger partial charge in [0, 0.05) is 25.6 Å². The first kappa shape index (κ1) is 11.4. The van der Waals surface area contributed by atoms with Crippen molar-refractivity contribution in [3.8, 4) is 0 Å². The molecule has 98 valence electrons. The first-order valence-electron chi connectivity index (χ1n) is 7.15. The molecule has 2 aromatic carbocycles. The minimum atomic E-state index is -0.292. The van der Waals surface area contributed by atoms with Crippen molar-refractivity contribution in [2.45, 2.75) is 25.0 Å². The Kier molecular flexibility index (Phi) is 2.44. The summed E-state index contributed by atoms with van der Waals surface area (Å²) in [6, 6.07) is 15.2. The molecular weight excluding hydrogens is 234 g/mol. The predicted molar refractivity (Wildman–Crippen MR) is 76.9 cm³/mol. The zero-order chi connectivity index (χ0) is 12.9. The molecule has 1 N–H and O–H groups in total. The second kappa shape index (κ2) is 4.06. The SMILES string of the molecule is O[C@@]12CCN(Cc3ccc4ccccc4c3)C[C@@H]1C2. The van der Waals surface area contributed by atoms with Crippen LogP contribution in [0.4, 0.5) is 0 Å². The number of piperidine rings is 1. The number of benzene rings is 2. The van der Waals surface area contributed by atoms with E-state index in [1.165, 1.54) is 16.3 Å². The average molecular weight is 253 g/mol. The largest absolute Gasteiger partial charge is 0.389 e. The van der Waals surface area contributed by atoms with E-state index in [9.17, 15) is 5.11 Å². The highest BCUT2D eigenvalue weighted by Crippen LogP contribution is 2.49. The molecule has 2 atom stereocenters. The van der Waals surface area contributed by atoms with Gasteiger partial charge < -0.3 is 5.11 Å². The van der Waals surface area contributed by atoms with Crippen LogP contribution < -0.4 is 0 Å². The van der Waals surface area contributed by atoms with Crippen LogP contribution in [0.3, 0.4) is 0 Å². The smallest absolute Gasteiger partial charge is 0.0705 e. The molecule has 2 fully saturated rings. The lowest BCUT2D eigenvalue weighted by Gasteiger charge is -2.29. The van der Waals surface area contributed by atoms with E-state index in [2.05, 4.69) is 47.4 Å². The van der Waals surface area contributed by atoms with Gasteiger partial charge in [0.25, 0.3) is 0 Å². The molecule has 2 nitrogen and oxygen atoms in total. The van der Waals surface area contributed by atoms with Gasteiger partial charge >= 0.3 is 0 Å². The molecule has 1 aliphatic carbocycles. The monoisotopic (exact) mass is 253 g/mol. The van der Waals surface area contributed by atoms with Gasteiger partial charge in [0.15, 0.2) is 0 Å². The maximum atomic E-state index is 10.0. The van der Waals surface area contributed by atoms with Crippen molar-refractivity contribution in [1.29, 1.82) is 0 Å². The standard InChI is InChI=1S/C17H19NO/c19-17-7-8-18(12-16(17)10-17)11-13-5-6-14-3-1-2-4-15(14)9-13/h1-6,9,16,19H,7-8,10-12H2/t16-,17+/m0/s1. The Labute approximate surface area is 113 Å². The molecule has 4 rings (SSSR count). The number of nitrogens with zero attached hydrogens (tertiary/aromatic N) is 1. The Morgan fingerprint density at radius 1 is 1.16 bits per heavy atom.